The number of likely N-dealkylation sites (N-methyl/N-ethyl adjacent to an activating group) is 1. The van der Waals surface area contributed by atoms with E-state index in [1.54, 1.807) is 8.61 Å². The highest BCUT2D eigenvalue weighted by atomic mass is 32.2. The van der Waals surface area contributed by atoms with Crippen LogP contribution in [0.5, 0.6) is 0 Å². The van der Waals surface area contributed by atoms with Gasteiger partial charge in [-0.25, -0.2) is 0 Å². The smallest absolute Gasteiger partial charge is 0.282 e. The lowest BCUT2D eigenvalue weighted by Crippen LogP contribution is -2.57. The summed E-state index contributed by atoms with van der Waals surface area (Å²) < 4.78 is 28.6. The lowest BCUT2D eigenvalue weighted by Gasteiger charge is -2.41. The van der Waals surface area contributed by atoms with Crippen LogP contribution >= 0.6 is 0 Å². The third kappa shape index (κ3) is 3.33. The van der Waals surface area contributed by atoms with Crippen molar-refractivity contribution >= 4 is 10.2 Å². The molecule has 0 amide bonds. The summed E-state index contributed by atoms with van der Waals surface area (Å²) in [7, 11) is -3.36. The molecular formula is C13H27N3O3S. The van der Waals surface area contributed by atoms with Gasteiger partial charge in [0.1, 0.15) is 0 Å². The number of aliphatic hydroxyl groups is 1. The molecule has 2 aliphatic heterocycles. The molecule has 20 heavy (non-hydrogen) atoms. The lowest BCUT2D eigenvalue weighted by atomic mass is 10.0. The molecule has 2 aliphatic rings. The third-order valence-corrected chi connectivity index (χ3v) is 6.49. The second-order valence-corrected chi connectivity index (χ2v) is 7.82. The predicted molar refractivity (Wildman–Crippen MR) is 78.6 cm³/mol. The van der Waals surface area contributed by atoms with Crippen molar-refractivity contribution in [3.05, 3.63) is 0 Å². The van der Waals surface area contributed by atoms with Crippen molar-refractivity contribution < 1.29 is 13.5 Å². The Morgan fingerprint density at radius 3 is 2.45 bits per heavy atom. The standard InChI is InChI=1S/C13H27N3O3S/c1-3-14-7-8-16(9-12(14)2)20(18,19)15-6-4-5-13(10-15)11-17/h12-13,17H,3-11H2,1-2H3. The van der Waals surface area contributed by atoms with Crippen molar-refractivity contribution in [2.24, 2.45) is 5.92 Å². The van der Waals surface area contributed by atoms with Gasteiger partial charge in [-0.3, -0.25) is 4.90 Å². The molecule has 0 aromatic heterocycles. The number of hydrogen-bond acceptors (Lipinski definition) is 4. The van der Waals surface area contributed by atoms with E-state index in [-0.39, 0.29) is 18.6 Å². The van der Waals surface area contributed by atoms with Gasteiger partial charge < -0.3 is 5.11 Å². The lowest BCUT2D eigenvalue weighted by molar-refractivity contribution is 0.122. The molecule has 2 heterocycles. The fourth-order valence-corrected chi connectivity index (χ4v) is 4.99. The van der Waals surface area contributed by atoms with E-state index in [0.29, 0.717) is 26.2 Å². The maximum atomic E-state index is 12.7. The van der Waals surface area contributed by atoms with E-state index >= 15 is 0 Å². The minimum atomic E-state index is -3.36. The Kier molecular flexibility index (Phi) is 5.42. The molecule has 0 spiro atoms. The summed E-state index contributed by atoms with van der Waals surface area (Å²) in [6.07, 6.45) is 1.76. The molecule has 1 N–H and O–H groups in total. The first-order valence-electron chi connectivity index (χ1n) is 7.59. The van der Waals surface area contributed by atoms with Gasteiger partial charge in [0, 0.05) is 45.4 Å². The molecule has 0 bridgehead atoms. The summed E-state index contributed by atoms with van der Waals surface area (Å²) in [5.41, 5.74) is 0. The van der Waals surface area contributed by atoms with Crippen LogP contribution in [-0.2, 0) is 10.2 Å². The number of piperidine rings is 1. The van der Waals surface area contributed by atoms with E-state index in [0.717, 1.165) is 25.9 Å². The molecular weight excluding hydrogens is 278 g/mol. The Morgan fingerprint density at radius 2 is 1.85 bits per heavy atom. The Bertz CT molecular complexity index is 415. The summed E-state index contributed by atoms with van der Waals surface area (Å²) in [6.45, 7) is 8.21. The van der Waals surface area contributed by atoms with Crippen LogP contribution in [0, 0.1) is 5.92 Å². The van der Waals surface area contributed by atoms with Crippen molar-refractivity contribution in [1.82, 2.24) is 13.5 Å². The van der Waals surface area contributed by atoms with Crippen LogP contribution in [0.3, 0.4) is 0 Å². The molecule has 0 aromatic rings. The summed E-state index contributed by atoms with van der Waals surface area (Å²) in [6, 6.07) is 0.266. The molecule has 2 unspecified atom stereocenters. The minimum Gasteiger partial charge on any atom is -0.396 e. The zero-order valence-electron chi connectivity index (χ0n) is 12.5. The van der Waals surface area contributed by atoms with Gasteiger partial charge in [0.2, 0.25) is 0 Å². The molecule has 0 aromatic carbocycles. The Balaban J connectivity index is 2.03. The van der Waals surface area contributed by atoms with Crippen LogP contribution in [0.25, 0.3) is 0 Å². The highest BCUT2D eigenvalue weighted by molar-refractivity contribution is 7.86. The first-order valence-corrected chi connectivity index (χ1v) is 8.98. The van der Waals surface area contributed by atoms with Crippen LogP contribution in [0.2, 0.25) is 0 Å². The van der Waals surface area contributed by atoms with Gasteiger partial charge in [-0.2, -0.15) is 17.0 Å². The van der Waals surface area contributed by atoms with E-state index in [1.165, 1.54) is 0 Å². The molecule has 2 rings (SSSR count). The van der Waals surface area contributed by atoms with Gasteiger partial charge >= 0.3 is 0 Å². The molecule has 0 saturated carbocycles. The van der Waals surface area contributed by atoms with Crippen LogP contribution in [0.15, 0.2) is 0 Å². The summed E-state index contributed by atoms with van der Waals surface area (Å²) >= 11 is 0. The average molecular weight is 305 g/mol. The number of hydrogen-bond donors (Lipinski definition) is 1. The molecule has 7 heteroatoms. The quantitative estimate of drug-likeness (QED) is 0.792. The molecule has 2 saturated heterocycles. The summed E-state index contributed by atoms with van der Waals surface area (Å²) in [4.78, 5) is 2.30. The van der Waals surface area contributed by atoms with E-state index in [4.69, 9.17) is 0 Å². The highest BCUT2D eigenvalue weighted by Crippen LogP contribution is 2.22. The third-order valence-electron chi connectivity index (χ3n) is 4.53. The maximum absolute atomic E-state index is 12.7. The number of aliphatic hydroxyl groups excluding tert-OH is 1. The van der Waals surface area contributed by atoms with Gasteiger partial charge in [0.15, 0.2) is 0 Å². The summed E-state index contributed by atoms with van der Waals surface area (Å²) in [5, 5.41) is 9.25. The van der Waals surface area contributed by atoms with E-state index in [2.05, 4.69) is 18.7 Å². The van der Waals surface area contributed by atoms with Crippen molar-refractivity contribution in [3.8, 4) is 0 Å². The fourth-order valence-electron chi connectivity index (χ4n) is 3.19. The Labute approximate surface area is 122 Å². The van der Waals surface area contributed by atoms with Crippen LogP contribution < -0.4 is 0 Å². The van der Waals surface area contributed by atoms with E-state index in [1.807, 2.05) is 0 Å². The van der Waals surface area contributed by atoms with Crippen molar-refractivity contribution in [3.63, 3.8) is 0 Å². The molecule has 0 aliphatic carbocycles. The van der Waals surface area contributed by atoms with Gasteiger partial charge in [-0.15, -0.1) is 0 Å². The molecule has 118 valence electrons. The number of piperazine rings is 1. The van der Waals surface area contributed by atoms with E-state index < -0.39 is 10.2 Å². The maximum Gasteiger partial charge on any atom is 0.282 e. The van der Waals surface area contributed by atoms with Gasteiger partial charge in [0.25, 0.3) is 10.2 Å². The van der Waals surface area contributed by atoms with Crippen molar-refractivity contribution in [1.29, 1.82) is 0 Å². The molecule has 2 atom stereocenters. The topological polar surface area (TPSA) is 64.1 Å². The fraction of sp³-hybridized carbons (Fsp3) is 1.00. The zero-order chi connectivity index (χ0) is 14.8. The van der Waals surface area contributed by atoms with Gasteiger partial charge in [0.05, 0.1) is 0 Å². The zero-order valence-corrected chi connectivity index (χ0v) is 13.3. The Morgan fingerprint density at radius 1 is 1.15 bits per heavy atom. The van der Waals surface area contributed by atoms with Crippen LogP contribution in [0.4, 0.5) is 0 Å². The number of nitrogens with zero attached hydrogens (tertiary/aromatic N) is 3. The first kappa shape index (κ1) is 16.2. The first-order chi connectivity index (χ1) is 9.48. The predicted octanol–water partition coefficient (Wildman–Crippen LogP) is -0.0385. The van der Waals surface area contributed by atoms with Crippen LogP contribution in [-0.4, -0.2) is 79.0 Å². The molecule has 2 fully saturated rings. The summed E-state index contributed by atoms with van der Waals surface area (Å²) in [5.74, 6) is 0.0906. The van der Waals surface area contributed by atoms with Gasteiger partial charge in [-0.1, -0.05) is 6.92 Å². The largest absolute Gasteiger partial charge is 0.396 e. The normalized spacial score (nSPS) is 31.6. The van der Waals surface area contributed by atoms with Crippen molar-refractivity contribution in [2.45, 2.75) is 32.7 Å². The monoisotopic (exact) mass is 305 g/mol. The van der Waals surface area contributed by atoms with Crippen LogP contribution in [0.1, 0.15) is 26.7 Å². The molecule has 0 radical (unpaired) electrons. The van der Waals surface area contributed by atoms with Gasteiger partial charge in [-0.05, 0) is 32.2 Å². The number of rotatable bonds is 4. The average Bonchev–Trinajstić information content (AvgIpc) is 2.47. The second-order valence-electron chi connectivity index (χ2n) is 5.89. The van der Waals surface area contributed by atoms with Crippen molar-refractivity contribution in [2.75, 3.05) is 45.9 Å². The van der Waals surface area contributed by atoms with E-state index in [9.17, 15) is 13.5 Å². The molecule has 6 nitrogen and oxygen atoms in total. The Hall–Kier alpha value is -0.210. The minimum absolute atomic E-state index is 0.0754. The SMILES string of the molecule is CCN1CCN(S(=O)(=O)N2CCCC(CO)C2)CC1C. The highest BCUT2D eigenvalue weighted by Gasteiger charge is 2.36. The second kappa shape index (κ2) is 6.70.